The summed E-state index contributed by atoms with van der Waals surface area (Å²) in [6.45, 7) is 2.87. The molecule has 28 heavy (non-hydrogen) atoms. The number of ether oxygens (including phenoxy) is 1. The van der Waals surface area contributed by atoms with Gasteiger partial charge in [-0.05, 0) is 24.1 Å². The second-order valence-corrected chi connectivity index (χ2v) is 6.66. The number of benzene rings is 3. The monoisotopic (exact) mass is 370 g/mol. The van der Waals surface area contributed by atoms with Gasteiger partial charge in [-0.25, -0.2) is 4.68 Å². The number of hydrogen-bond donors (Lipinski definition) is 1. The minimum atomic E-state index is -0.0431. The van der Waals surface area contributed by atoms with Crippen molar-refractivity contribution in [2.45, 2.75) is 13.5 Å². The van der Waals surface area contributed by atoms with Crippen LogP contribution in [0.25, 0.3) is 22.4 Å². The molecule has 1 aromatic heterocycles. The molecule has 140 valence electrons. The number of hydrogen-bond acceptors (Lipinski definition) is 2. The summed E-state index contributed by atoms with van der Waals surface area (Å²) in [6.07, 6.45) is 0. The van der Waals surface area contributed by atoms with Crippen molar-refractivity contribution in [3.8, 4) is 28.1 Å². The predicted octanol–water partition coefficient (Wildman–Crippen LogP) is 4.90. The first-order chi connectivity index (χ1) is 13.7. The second-order valence-electron chi connectivity index (χ2n) is 6.66. The lowest BCUT2D eigenvalue weighted by molar-refractivity contribution is 0.288. The van der Waals surface area contributed by atoms with E-state index in [0.29, 0.717) is 18.7 Å². The number of H-pyrrole nitrogens is 1. The Bertz CT molecular complexity index is 1110. The van der Waals surface area contributed by atoms with Crippen molar-refractivity contribution in [2.75, 3.05) is 6.61 Å². The van der Waals surface area contributed by atoms with E-state index in [0.717, 1.165) is 28.1 Å². The van der Waals surface area contributed by atoms with Gasteiger partial charge in [0.15, 0.2) is 0 Å². The molecule has 0 amide bonds. The van der Waals surface area contributed by atoms with Crippen LogP contribution >= 0.6 is 0 Å². The third-order valence-electron chi connectivity index (χ3n) is 4.75. The molecular formula is C24H22N2O2. The average Bonchev–Trinajstić information content (AvgIpc) is 3.07. The van der Waals surface area contributed by atoms with Gasteiger partial charge in [-0.2, -0.15) is 0 Å². The van der Waals surface area contributed by atoms with Gasteiger partial charge >= 0.3 is 0 Å². The van der Waals surface area contributed by atoms with E-state index in [1.807, 2.05) is 91.9 Å². The van der Waals surface area contributed by atoms with Gasteiger partial charge in [0.05, 0.1) is 17.8 Å². The lowest BCUT2D eigenvalue weighted by atomic mass is 10.0. The van der Waals surface area contributed by atoms with E-state index in [2.05, 4.69) is 5.10 Å². The summed E-state index contributed by atoms with van der Waals surface area (Å²) in [7, 11) is 0. The maximum atomic E-state index is 13.1. The molecule has 0 aliphatic carbocycles. The molecule has 0 aliphatic heterocycles. The number of para-hydroxylation sites is 1. The summed E-state index contributed by atoms with van der Waals surface area (Å²) in [4.78, 5) is 13.1. The fourth-order valence-corrected chi connectivity index (χ4v) is 3.29. The van der Waals surface area contributed by atoms with Gasteiger partial charge in [0.2, 0.25) is 0 Å². The van der Waals surface area contributed by atoms with Gasteiger partial charge in [-0.3, -0.25) is 9.89 Å². The van der Waals surface area contributed by atoms with Crippen LogP contribution in [-0.2, 0) is 6.54 Å². The van der Waals surface area contributed by atoms with Crippen molar-refractivity contribution in [3.05, 3.63) is 101 Å². The summed E-state index contributed by atoms with van der Waals surface area (Å²) in [5, 5.41) is 3.29. The minimum Gasteiger partial charge on any atom is -0.491 e. The van der Waals surface area contributed by atoms with Crippen molar-refractivity contribution in [3.63, 3.8) is 0 Å². The van der Waals surface area contributed by atoms with E-state index in [-0.39, 0.29) is 5.56 Å². The van der Waals surface area contributed by atoms with Gasteiger partial charge in [0.1, 0.15) is 12.4 Å². The molecule has 0 unspecified atom stereocenters. The van der Waals surface area contributed by atoms with Crippen LogP contribution in [0.4, 0.5) is 0 Å². The van der Waals surface area contributed by atoms with Crippen molar-refractivity contribution < 1.29 is 4.74 Å². The number of aromatic nitrogens is 2. The Balaban J connectivity index is 1.66. The van der Waals surface area contributed by atoms with Crippen molar-refractivity contribution in [2.24, 2.45) is 0 Å². The Morgan fingerprint density at radius 3 is 2.11 bits per heavy atom. The Kier molecular flexibility index (Phi) is 5.11. The molecule has 4 rings (SSSR count). The zero-order chi connectivity index (χ0) is 19.3. The molecule has 1 N–H and O–H groups in total. The maximum Gasteiger partial charge on any atom is 0.275 e. The smallest absolute Gasteiger partial charge is 0.275 e. The van der Waals surface area contributed by atoms with Gasteiger partial charge in [-0.15, -0.1) is 0 Å². The molecule has 4 nitrogen and oxygen atoms in total. The summed E-state index contributed by atoms with van der Waals surface area (Å²) in [5.74, 6) is 0.841. The highest BCUT2D eigenvalue weighted by Crippen LogP contribution is 2.27. The molecule has 0 saturated heterocycles. The van der Waals surface area contributed by atoms with E-state index >= 15 is 0 Å². The normalized spacial score (nSPS) is 10.8. The molecule has 3 aromatic carbocycles. The minimum absolute atomic E-state index is 0.0431. The highest BCUT2D eigenvalue weighted by molar-refractivity contribution is 5.80. The topological polar surface area (TPSA) is 47.0 Å². The maximum absolute atomic E-state index is 13.1. The van der Waals surface area contributed by atoms with Crippen LogP contribution < -0.4 is 10.3 Å². The van der Waals surface area contributed by atoms with Crippen LogP contribution in [0.1, 0.15) is 5.56 Å². The van der Waals surface area contributed by atoms with Crippen LogP contribution in [0.3, 0.4) is 0 Å². The zero-order valence-corrected chi connectivity index (χ0v) is 15.8. The van der Waals surface area contributed by atoms with E-state index in [9.17, 15) is 4.79 Å². The molecule has 1 heterocycles. The fraction of sp³-hybridized carbons (Fsp3) is 0.125. The van der Waals surface area contributed by atoms with E-state index in [1.165, 1.54) is 0 Å². The van der Waals surface area contributed by atoms with Crippen LogP contribution in [0.5, 0.6) is 5.75 Å². The van der Waals surface area contributed by atoms with Crippen LogP contribution in [-0.4, -0.2) is 16.4 Å². The Morgan fingerprint density at radius 2 is 1.43 bits per heavy atom. The van der Waals surface area contributed by atoms with Crippen LogP contribution in [0.2, 0.25) is 0 Å². The molecule has 0 atom stereocenters. The van der Waals surface area contributed by atoms with E-state index < -0.39 is 0 Å². The lowest BCUT2D eigenvalue weighted by Gasteiger charge is -2.08. The van der Waals surface area contributed by atoms with Gasteiger partial charge in [0.25, 0.3) is 5.56 Å². The molecule has 4 aromatic rings. The fourth-order valence-electron chi connectivity index (χ4n) is 3.29. The first-order valence-electron chi connectivity index (χ1n) is 9.36. The molecule has 0 fully saturated rings. The van der Waals surface area contributed by atoms with E-state index in [1.54, 1.807) is 4.68 Å². The largest absolute Gasteiger partial charge is 0.491 e. The molecule has 0 radical (unpaired) electrons. The Labute approximate surface area is 164 Å². The van der Waals surface area contributed by atoms with Crippen molar-refractivity contribution >= 4 is 0 Å². The molecule has 4 heteroatoms. The van der Waals surface area contributed by atoms with Crippen LogP contribution in [0, 0.1) is 6.92 Å². The number of aryl methyl sites for hydroxylation is 1. The third kappa shape index (κ3) is 3.62. The lowest BCUT2D eigenvalue weighted by Crippen LogP contribution is -2.21. The number of rotatable bonds is 6. The predicted molar refractivity (Wildman–Crippen MR) is 113 cm³/mol. The molecule has 0 bridgehead atoms. The van der Waals surface area contributed by atoms with Gasteiger partial charge in [-0.1, -0.05) is 78.9 Å². The highest BCUT2D eigenvalue weighted by atomic mass is 16.5. The molecule has 0 spiro atoms. The van der Waals surface area contributed by atoms with Crippen LogP contribution in [0.15, 0.2) is 89.7 Å². The van der Waals surface area contributed by atoms with Crippen molar-refractivity contribution in [1.82, 2.24) is 9.78 Å². The summed E-state index contributed by atoms with van der Waals surface area (Å²) < 4.78 is 7.50. The Morgan fingerprint density at radius 1 is 0.821 bits per heavy atom. The number of nitrogens with one attached hydrogen (secondary N) is 1. The first kappa shape index (κ1) is 17.9. The van der Waals surface area contributed by atoms with E-state index in [4.69, 9.17) is 4.74 Å². The molecular weight excluding hydrogens is 348 g/mol. The second kappa shape index (κ2) is 8.01. The number of aromatic amines is 1. The zero-order valence-electron chi connectivity index (χ0n) is 15.8. The quantitative estimate of drug-likeness (QED) is 0.525. The average molecular weight is 370 g/mol. The third-order valence-corrected chi connectivity index (χ3v) is 4.75. The molecule has 0 saturated carbocycles. The highest BCUT2D eigenvalue weighted by Gasteiger charge is 2.17. The standard InChI is InChI=1S/C24H22N2O2/c1-18-10-8-9-15-21(18)28-17-16-26-24(27)22(19-11-4-2-5-12-19)23(25-26)20-13-6-3-7-14-20/h2-15,25H,16-17H2,1H3. The van der Waals surface area contributed by atoms with Crippen molar-refractivity contribution in [1.29, 1.82) is 0 Å². The number of nitrogens with zero attached hydrogens (tertiary/aromatic N) is 1. The Hall–Kier alpha value is -3.53. The SMILES string of the molecule is Cc1ccccc1OCCn1[nH]c(-c2ccccc2)c(-c2ccccc2)c1=O. The summed E-state index contributed by atoms with van der Waals surface area (Å²) in [6, 6.07) is 27.6. The summed E-state index contributed by atoms with van der Waals surface area (Å²) in [5.41, 5.74) is 4.43. The van der Waals surface area contributed by atoms with Gasteiger partial charge in [0, 0.05) is 5.56 Å². The first-order valence-corrected chi connectivity index (χ1v) is 9.36. The summed E-state index contributed by atoms with van der Waals surface area (Å²) >= 11 is 0. The molecule has 0 aliphatic rings. The van der Waals surface area contributed by atoms with Gasteiger partial charge < -0.3 is 4.74 Å².